The van der Waals surface area contributed by atoms with Crippen molar-refractivity contribution in [3.8, 4) is 23.0 Å². The zero-order chi connectivity index (χ0) is 47.1. The molecular formula is C52H53N3O12. The van der Waals surface area contributed by atoms with Gasteiger partial charge < -0.3 is 38.5 Å². The van der Waals surface area contributed by atoms with Crippen molar-refractivity contribution in [3.05, 3.63) is 148 Å². The van der Waals surface area contributed by atoms with Crippen molar-refractivity contribution in [2.24, 2.45) is 4.99 Å². The van der Waals surface area contributed by atoms with Crippen LogP contribution in [0.1, 0.15) is 65.3 Å². The Bertz CT molecular complexity index is 2510. The molecule has 5 aromatic carbocycles. The number of ether oxygens (including phenoxy) is 7. The highest BCUT2D eigenvalue weighted by Gasteiger charge is 2.30. The Hall–Kier alpha value is -7.68. The minimum atomic E-state index is -0.542. The topological polar surface area (TPSA) is 178 Å². The fourth-order valence-corrected chi connectivity index (χ4v) is 8.03. The molecule has 348 valence electrons. The molecule has 7 rings (SSSR count). The van der Waals surface area contributed by atoms with Gasteiger partial charge in [-0.05, 0) is 77.4 Å². The molecule has 0 fully saturated rings. The van der Waals surface area contributed by atoms with E-state index in [1.165, 1.54) is 4.90 Å². The first-order chi connectivity index (χ1) is 32.6. The predicted octanol–water partition coefficient (Wildman–Crippen LogP) is 6.45. The maximum atomic E-state index is 14.0. The van der Waals surface area contributed by atoms with E-state index in [4.69, 9.17) is 33.2 Å². The van der Waals surface area contributed by atoms with E-state index in [2.05, 4.69) is 10.3 Å². The summed E-state index contributed by atoms with van der Waals surface area (Å²) < 4.78 is 41.3. The highest BCUT2D eigenvalue weighted by molar-refractivity contribution is 6.44. The summed E-state index contributed by atoms with van der Waals surface area (Å²) in [6.45, 7) is 4.67. The molecule has 1 heterocycles. The summed E-state index contributed by atoms with van der Waals surface area (Å²) in [5.41, 5.74) is 6.26. The number of hydrogen-bond donors (Lipinski definition) is 1. The SMILES string of the molecule is CCOC(=O)COc1c2cccc1Cc1cccc(c1OCC(=O)OCC)Cc1cccc(c1OCC(=O)N1CCN=C1C(=O)Nc1ccccc1)Cc1cccc(c1OCC(=O)OCC)C2. The van der Waals surface area contributed by atoms with Crippen LogP contribution in [0.5, 0.6) is 23.0 Å². The van der Waals surface area contributed by atoms with Gasteiger partial charge in [-0.25, -0.2) is 14.4 Å². The lowest BCUT2D eigenvalue weighted by Crippen LogP contribution is -2.43. The second-order valence-corrected chi connectivity index (χ2v) is 15.5. The van der Waals surface area contributed by atoms with E-state index in [0.717, 1.165) is 22.3 Å². The lowest BCUT2D eigenvalue weighted by Gasteiger charge is -2.23. The lowest BCUT2D eigenvalue weighted by atomic mass is 9.91. The quantitative estimate of drug-likeness (QED) is 0.0783. The van der Waals surface area contributed by atoms with Crippen LogP contribution >= 0.6 is 0 Å². The van der Waals surface area contributed by atoms with Crippen LogP contribution in [0, 0.1) is 0 Å². The Morgan fingerprint density at radius 1 is 0.478 bits per heavy atom. The number of rotatable bonds is 17. The first-order valence-electron chi connectivity index (χ1n) is 22.3. The van der Waals surface area contributed by atoms with E-state index in [-0.39, 0.29) is 84.2 Å². The van der Waals surface area contributed by atoms with Crippen molar-refractivity contribution in [3.63, 3.8) is 0 Å². The van der Waals surface area contributed by atoms with E-state index in [9.17, 15) is 24.0 Å². The standard InChI is InChI=1S/C52H53N3O12/c1-4-61-44(57)31-65-48-36-16-11-18-38(48)28-40-20-13-21-41(50(40)67-33-46(59)63-6-3)29-39-19-12-17-37(49(39)66-32-45(58)62-5-2)27-35-15-10-14-34(26-36)47(35)64-30-43(56)55-25-24-53-51(55)52(60)54-42-22-8-7-9-23-42/h7-23H,4-6,24-33H2,1-3H3,(H,54,60). The molecule has 0 saturated carbocycles. The summed E-state index contributed by atoms with van der Waals surface area (Å²) in [6, 6.07) is 31.7. The second kappa shape index (κ2) is 23.0. The Morgan fingerprint density at radius 3 is 1.16 bits per heavy atom. The lowest BCUT2D eigenvalue weighted by molar-refractivity contribution is -0.146. The van der Waals surface area contributed by atoms with E-state index in [0.29, 0.717) is 50.9 Å². The molecular weight excluding hydrogens is 859 g/mol. The van der Waals surface area contributed by atoms with Crippen LogP contribution in [0.3, 0.4) is 0 Å². The smallest absolute Gasteiger partial charge is 0.344 e. The average molecular weight is 912 g/mol. The zero-order valence-electron chi connectivity index (χ0n) is 37.8. The molecule has 0 spiro atoms. The van der Waals surface area contributed by atoms with Crippen LogP contribution in [0.15, 0.2) is 108 Å². The van der Waals surface area contributed by atoms with Gasteiger partial charge in [0, 0.05) is 37.9 Å². The summed E-state index contributed by atoms with van der Waals surface area (Å²) in [6.07, 6.45) is 0.995. The van der Waals surface area contributed by atoms with Crippen molar-refractivity contribution < 1.29 is 57.1 Å². The number of anilines is 1. The van der Waals surface area contributed by atoms with E-state index in [1.807, 2.05) is 78.9 Å². The molecule has 1 aliphatic carbocycles. The minimum Gasteiger partial charge on any atom is -0.483 e. The number of amides is 2. The van der Waals surface area contributed by atoms with E-state index in [1.54, 1.807) is 45.0 Å². The number of esters is 3. The van der Waals surface area contributed by atoms with Gasteiger partial charge in [0.25, 0.3) is 11.8 Å². The van der Waals surface area contributed by atoms with Gasteiger partial charge in [0.15, 0.2) is 32.3 Å². The highest BCUT2D eigenvalue weighted by atomic mass is 16.6. The number of amidine groups is 1. The first kappa shape index (κ1) is 47.3. The summed E-state index contributed by atoms with van der Waals surface area (Å²) in [5, 5.41) is 2.81. The van der Waals surface area contributed by atoms with Crippen LogP contribution in [0.4, 0.5) is 5.69 Å². The highest BCUT2D eigenvalue weighted by Crippen LogP contribution is 2.39. The molecule has 2 amide bonds. The van der Waals surface area contributed by atoms with Gasteiger partial charge in [0.05, 0.1) is 26.4 Å². The fraction of sp³-hybridized carbons (Fsp3) is 0.308. The van der Waals surface area contributed by atoms with Crippen molar-refractivity contribution in [2.45, 2.75) is 46.5 Å². The zero-order valence-corrected chi connectivity index (χ0v) is 37.8. The Labute approximate surface area is 388 Å². The van der Waals surface area contributed by atoms with Crippen molar-refractivity contribution in [1.29, 1.82) is 0 Å². The summed E-state index contributed by atoms with van der Waals surface area (Å²) in [7, 11) is 0. The minimum absolute atomic E-state index is 0.00731. The third-order valence-electron chi connectivity index (χ3n) is 10.9. The molecule has 67 heavy (non-hydrogen) atoms. The maximum absolute atomic E-state index is 14.0. The Balaban J connectivity index is 1.32. The average Bonchev–Trinajstić information content (AvgIpc) is 3.82. The molecule has 0 aromatic heterocycles. The number of aliphatic imine (C=N–C) groups is 1. The Morgan fingerprint density at radius 2 is 0.821 bits per heavy atom. The third-order valence-corrected chi connectivity index (χ3v) is 10.9. The van der Waals surface area contributed by atoms with Crippen LogP contribution < -0.4 is 24.3 Å². The molecule has 8 bridgehead atoms. The number of fused-ring (bicyclic) bond motifs is 8. The van der Waals surface area contributed by atoms with E-state index >= 15 is 0 Å². The number of para-hydroxylation sites is 5. The van der Waals surface area contributed by atoms with Gasteiger partial charge in [-0.3, -0.25) is 19.5 Å². The maximum Gasteiger partial charge on any atom is 0.344 e. The van der Waals surface area contributed by atoms with Gasteiger partial charge in [0.1, 0.15) is 23.0 Å². The van der Waals surface area contributed by atoms with E-state index < -0.39 is 36.3 Å². The number of benzene rings is 5. The number of carbonyl (C=O) groups is 5. The molecule has 5 aromatic rings. The number of carbonyl (C=O) groups excluding carboxylic acids is 5. The van der Waals surface area contributed by atoms with Gasteiger partial charge in [-0.1, -0.05) is 91.0 Å². The van der Waals surface area contributed by atoms with Gasteiger partial charge in [-0.2, -0.15) is 0 Å². The van der Waals surface area contributed by atoms with Gasteiger partial charge in [0.2, 0.25) is 0 Å². The number of hydrogen-bond acceptors (Lipinski definition) is 13. The second-order valence-electron chi connectivity index (χ2n) is 15.5. The van der Waals surface area contributed by atoms with Crippen LogP contribution in [-0.4, -0.2) is 99.8 Å². The normalized spacial score (nSPS) is 12.8. The molecule has 0 saturated heterocycles. The number of nitrogens with one attached hydrogen (secondary N) is 1. The fourth-order valence-electron chi connectivity index (χ4n) is 8.03. The molecule has 1 aliphatic heterocycles. The summed E-state index contributed by atoms with van der Waals surface area (Å²) in [5.74, 6) is -0.844. The summed E-state index contributed by atoms with van der Waals surface area (Å²) >= 11 is 0. The van der Waals surface area contributed by atoms with Crippen molar-refractivity contribution in [1.82, 2.24) is 4.90 Å². The third kappa shape index (κ3) is 12.2. The predicted molar refractivity (Wildman–Crippen MR) is 248 cm³/mol. The van der Waals surface area contributed by atoms with Gasteiger partial charge >= 0.3 is 17.9 Å². The van der Waals surface area contributed by atoms with Crippen LogP contribution in [0.2, 0.25) is 0 Å². The molecule has 2 aliphatic rings. The number of nitrogens with zero attached hydrogens (tertiary/aromatic N) is 2. The Kier molecular flexibility index (Phi) is 16.2. The van der Waals surface area contributed by atoms with Crippen molar-refractivity contribution >= 4 is 41.2 Å². The molecule has 15 heteroatoms. The molecule has 0 unspecified atom stereocenters. The molecule has 0 radical (unpaired) electrons. The largest absolute Gasteiger partial charge is 0.483 e. The van der Waals surface area contributed by atoms with Crippen LogP contribution in [-0.2, 0) is 63.9 Å². The first-order valence-corrected chi connectivity index (χ1v) is 22.3. The van der Waals surface area contributed by atoms with Crippen LogP contribution in [0.25, 0.3) is 0 Å². The monoisotopic (exact) mass is 911 g/mol. The molecule has 15 nitrogen and oxygen atoms in total. The summed E-state index contributed by atoms with van der Waals surface area (Å²) in [4.78, 5) is 71.3. The van der Waals surface area contributed by atoms with Gasteiger partial charge in [-0.15, -0.1) is 0 Å². The molecule has 1 N–H and O–H groups in total. The van der Waals surface area contributed by atoms with Crippen molar-refractivity contribution in [2.75, 3.05) is 64.7 Å². The molecule has 0 atom stereocenters.